The Labute approximate surface area is 195 Å². The normalized spacial score (nSPS) is 26.6. The van der Waals surface area contributed by atoms with Crippen LogP contribution in [0.3, 0.4) is 0 Å². The Morgan fingerprint density at radius 2 is 1.94 bits per heavy atom. The van der Waals surface area contributed by atoms with Gasteiger partial charge in [0.05, 0.1) is 6.04 Å². The minimum absolute atomic E-state index is 0.0432. The van der Waals surface area contributed by atoms with Crippen molar-refractivity contribution in [2.45, 2.75) is 51.8 Å². The standard InChI is InChI=1S/C22H36N8O3/c1-14-10-27(5)7-6-8-29(14)20-24-16(19(23)26-32)9-18(25-20)30-12-15-11-28(13-17(15)30)21(31)33-22(2,3)4/h9,14-15,17,32H,6-8,10-13H2,1-5H3,(H2,23,26)/t14-,15+,17+/m0/s1. The van der Waals surface area contributed by atoms with Crippen molar-refractivity contribution in [1.82, 2.24) is 19.8 Å². The molecule has 0 aliphatic carbocycles. The lowest BCUT2D eigenvalue weighted by Crippen LogP contribution is -2.56. The molecule has 3 aliphatic rings. The number of nitrogens with zero attached hydrogens (tertiary/aromatic N) is 7. The number of carbonyl (C=O) groups excluding carboxylic acids is 1. The van der Waals surface area contributed by atoms with Crippen LogP contribution in [0.1, 0.15) is 39.8 Å². The maximum Gasteiger partial charge on any atom is 0.410 e. The molecular formula is C22H36N8O3. The molecule has 0 unspecified atom stereocenters. The predicted molar refractivity (Wildman–Crippen MR) is 126 cm³/mol. The maximum absolute atomic E-state index is 12.5. The molecule has 1 aromatic rings. The fraction of sp³-hybridized carbons (Fsp3) is 0.727. The highest BCUT2D eigenvalue weighted by molar-refractivity contribution is 5.96. The summed E-state index contributed by atoms with van der Waals surface area (Å²) in [6.07, 6.45) is 0.729. The fourth-order valence-corrected chi connectivity index (χ4v) is 4.93. The molecule has 1 amide bonds. The zero-order valence-electron chi connectivity index (χ0n) is 20.2. The smallest absolute Gasteiger partial charge is 0.410 e. The number of amides is 1. The van der Waals surface area contributed by atoms with Crippen molar-refractivity contribution < 1.29 is 14.7 Å². The van der Waals surface area contributed by atoms with Crippen LogP contribution >= 0.6 is 0 Å². The first-order chi connectivity index (χ1) is 15.6. The van der Waals surface area contributed by atoms with Crippen molar-refractivity contribution in [2.24, 2.45) is 16.8 Å². The van der Waals surface area contributed by atoms with E-state index in [4.69, 9.17) is 15.5 Å². The van der Waals surface area contributed by atoms with Crippen molar-refractivity contribution >= 4 is 23.7 Å². The van der Waals surface area contributed by atoms with Crippen LogP contribution in [0, 0.1) is 5.92 Å². The van der Waals surface area contributed by atoms with Crippen molar-refractivity contribution in [2.75, 3.05) is 56.1 Å². The summed E-state index contributed by atoms with van der Waals surface area (Å²) in [5.41, 5.74) is 5.81. The number of anilines is 2. The summed E-state index contributed by atoms with van der Waals surface area (Å²) < 4.78 is 5.56. The van der Waals surface area contributed by atoms with Crippen LogP contribution in [-0.2, 0) is 4.74 Å². The van der Waals surface area contributed by atoms with E-state index < -0.39 is 5.60 Å². The highest BCUT2D eigenvalue weighted by Crippen LogP contribution is 2.37. The second-order valence-corrected chi connectivity index (χ2v) is 10.4. The molecule has 0 radical (unpaired) electrons. The molecule has 33 heavy (non-hydrogen) atoms. The van der Waals surface area contributed by atoms with Gasteiger partial charge in [0.15, 0.2) is 5.84 Å². The molecule has 3 fully saturated rings. The summed E-state index contributed by atoms with van der Waals surface area (Å²) in [5, 5.41) is 12.4. The number of ether oxygens (including phenoxy) is 1. The molecule has 11 heteroatoms. The van der Waals surface area contributed by atoms with Gasteiger partial charge in [0.1, 0.15) is 17.1 Å². The summed E-state index contributed by atoms with van der Waals surface area (Å²) in [6.45, 7) is 12.6. The molecule has 0 spiro atoms. The molecule has 3 atom stereocenters. The number of likely N-dealkylation sites (tertiary alicyclic amines) is 1. The lowest BCUT2D eigenvalue weighted by atomic mass is 9.92. The van der Waals surface area contributed by atoms with Crippen LogP contribution in [0.25, 0.3) is 0 Å². The van der Waals surface area contributed by atoms with E-state index in [2.05, 4.69) is 38.8 Å². The number of rotatable bonds is 3. The molecule has 0 aromatic carbocycles. The molecule has 3 saturated heterocycles. The van der Waals surface area contributed by atoms with Gasteiger partial charge in [-0.05, 0) is 47.7 Å². The van der Waals surface area contributed by atoms with Gasteiger partial charge in [-0.3, -0.25) is 0 Å². The Bertz CT molecular complexity index is 917. The van der Waals surface area contributed by atoms with Crippen LogP contribution in [0.5, 0.6) is 0 Å². The van der Waals surface area contributed by atoms with E-state index in [0.29, 0.717) is 30.6 Å². The van der Waals surface area contributed by atoms with Gasteiger partial charge in [0.2, 0.25) is 5.95 Å². The van der Waals surface area contributed by atoms with Crippen molar-refractivity contribution in [1.29, 1.82) is 0 Å². The molecule has 0 saturated carbocycles. The van der Waals surface area contributed by atoms with E-state index in [9.17, 15) is 10.0 Å². The first-order valence-corrected chi connectivity index (χ1v) is 11.6. The van der Waals surface area contributed by atoms with E-state index in [1.807, 2.05) is 20.8 Å². The number of aromatic nitrogens is 2. The topological polar surface area (TPSA) is 124 Å². The molecule has 3 aliphatic heterocycles. The summed E-state index contributed by atoms with van der Waals surface area (Å²) in [5.74, 6) is 1.65. The van der Waals surface area contributed by atoms with Gasteiger partial charge < -0.3 is 35.3 Å². The van der Waals surface area contributed by atoms with Crippen LogP contribution in [0.2, 0.25) is 0 Å². The largest absolute Gasteiger partial charge is 0.444 e. The third kappa shape index (κ3) is 4.92. The molecule has 0 bridgehead atoms. The lowest BCUT2D eigenvalue weighted by Gasteiger charge is -2.44. The van der Waals surface area contributed by atoms with Gasteiger partial charge >= 0.3 is 6.09 Å². The molecule has 182 valence electrons. The van der Waals surface area contributed by atoms with E-state index >= 15 is 0 Å². The molecule has 4 rings (SSSR count). The Morgan fingerprint density at radius 1 is 1.18 bits per heavy atom. The van der Waals surface area contributed by atoms with E-state index in [0.717, 1.165) is 38.4 Å². The average Bonchev–Trinajstić information content (AvgIpc) is 2.95. The van der Waals surface area contributed by atoms with Gasteiger partial charge in [-0.15, -0.1) is 0 Å². The zero-order chi connectivity index (χ0) is 23.9. The van der Waals surface area contributed by atoms with Crippen molar-refractivity contribution in [3.05, 3.63) is 11.8 Å². The van der Waals surface area contributed by atoms with E-state index in [-0.39, 0.29) is 24.0 Å². The third-order valence-electron chi connectivity index (χ3n) is 6.56. The summed E-state index contributed by atoms with van der Waals surface area (Å²) >= 11 is 0. The summed E-state index contributed by atoms with van der Waals surface area (Å²) in [7, 11) is 2.12. The zero-order valence-corrected chi connectivity index (χ0v) is 20.2. The molecule has 4 heterocycles. The first kappa shape index (κ1) is 23.3. The van der Waals surface area contributed by atoms with Crippen LogP contribution in [0.15, 0.2) is 11.2 Å². The van der Waals surface area contributed by atoms with Crippen molar-refractivity contribution in [3.63, 3.8) is 0 Å². The number of hydrogen-bond acceptors (Lipinski definition) is 9. The number of amidine groups is 1. The number of oxime groups is 1. The van der Waals surface area contributed by atoms with E-state index in [1.165, 1.54) is 0 Å². The minimum Gasteiger partial charge on any atom is -0.444 e. The fourth-order valence-electron chi connectivity index (χ4n) is 4.93. The Kier molecular flexibility index (Phi) is 6.26. The number of carbonyl (C=O) groups is 1. The van der Waals surface area contributed by atoms with Gasteiger partial charge in [0, 0.05) is 50.7 Å². The second-order valence-electron chi connectivity index (χ2n) is 10.4. The second kappa shape index (κ2) is 8.85. The van der Waals surface area contributed by atoms with E-state index in [1.54, 1.807) is 11.0 Å². The van der Waals surface area contributed by atoms with Crippen molar-refractivity contribution in [3.8, 4) is 0 Å². The molecule has 11 nitrogen and oxygen atoms in total. The number of hydrogen-bond donors (Lipinski definition) is 2. The number of fused-ring (bicyclic) bond motifs is 1. The Morgan fingerprint density at radius 3 is 2.64 bits per heavy atom. The van der Waals surface area contributed by atoms with Crippen LogP contribution < -0.4 is 15.5 Å². The highest BCUT2D eigenvalue weighted by atomic mass is 16.6. The lowest BCUT2D eigenvalue weighted by molar-refractivity contribution is 0.0290. The van der Waals surface area contributed by atoms with Gasteiger partial charge in [0.25, 0.3) is 0 Å². The number of likely N-dealkylation sites (N-methyl/N-ethyl adjacent to an activating group) is 1. The quantitative estimate of drug-likeness (QED) is 0.296. The summed E-state index contributed by atoms with van der Waals surface area (Å²) in [4.78, 5) is 30.5. The predicted octanol–water partition coefficient (Wildman–Crippen LogP) is 1.16. The highest BCUT2D eigenvalue weighted by Gasteiger charge is 2.48. The van der Waals surface area contributed by atoms with Gasteiger partial charge in [-0.2, -0.15) is 4.98 Å². The Balaban J connectivity index is 1.57. The van der Waals surface area contributed by atoms with Crippen LogP contribution in [0.4, 0.5) is 16.6 Å². The van der Waals surface area contributed by atoms with Gasteiger partial charge in [-0.25, -0.2) is 9.78 Å². The monoisotopic (exact) mass is 460 g/mol. The first-order valence-electron chi connectivity index (χ1n) is 11.6. The molecule has 3 N–H and O–H groups in total. The summed E-state index contributed by atoms with van der Waals surface area (Å²) in [6, 6.07) is 2.15. The number of nitrogens with two attached hydrogens (primary N) is 1. The van der Waals surface area contributed by atoms with Gasteiger partial charge in [-0.1, -0.05) is 5.16 Å². The average molecular weight is 461 g/mol. The molecule has 1 aromatic heterocycles. The minimum atomic E-state index is -0.520. The SMILES string of the molecule is C[C@H]1CN(C)CCCN1c1nc(/C(N)=N/O)cc(N2C[C@H]3CN(C(=O)OC(C)(C)C)C[C@H]32)n1. The Hall–Kier alpha value is -2.82. The maximum atomic E-state index is 12.5. The molecular weight excluding hydrogens is 424 g/mol. The third-order valence-corrected chi connectivity index (χ3v) is 6.56. The van der Waals surface area contributed by atoms with Crippen LogP contribution in [-0.4, -0.2) is 101 Å².